The van der Waals surface area contributed by atoms with Gasteiger partial charge in [-0.25, -0.2) is 0 Å². The monoisotopic (exact) mass is 395 g/mol. The fraction of sp³-hybridized carbons (Fsp3) is 0.208. The van der Waals surface area contributed by atoms with Gasteiger partial charge in [0.15, 0.2) is 0 Å². The van der Waals surface area contributed by atoms with Crippen LogP contribution in [-0.4, -0.2) is 5.91 Å². The first kappa shape index (κ1) is 19.2. The highest BCUT2D eigenvalue weighted by Crippen LogP contribution is 2.32. The van der Waals surface area contributed by atoms with Gasteiger partial charge in [-0.15, -0.1) is 0 Å². The summed E-state index contributed by atoms with van der Waals surface area (Å²) in [6.07, 6.45) is 0.0454. The van der Waals surface area contributed by atoms with Crippen molar-refractivity contribution in [1.29, 1.82) is 0 Å². The van der Waals surface area contributed by atoms with Crippen LogP contribution in [0.25, 0.3) is 11.1 Å². The van der Waals surface area contributed by atoms with Crippen molar-refractivity contribution in [3.8, 4) is 11.1 Å². The second kappa shape index (κ2) is 7.74. The number of rotatable bonds is 3. The van der Waals surface area contributed by atoms with Gasteiger partial charge in [-0.2, -0.15) is 13.2 Å². The van der Waals surface area contributed by atoms with E-state index in [2.05, 4.69) is 11.4 Å². The number of halogens is 3. The van der Waals surface area contributed by atoms with E-state index in [9.17, 15) is 18.0 Å². The Morgan fingerprint density at radius 3 is 2.24 bits per heavy atom. The Morgan fingerprint density at radius 1 is 0.828 bits per heavy atom. The molecule has 3 aromatic carbocycles. The summed E-state index contributed by atoms with van der Waals surface area (Å²) in [6.45, 7) is 0. The van der Waals surface area contributed by atoms with Crippen LogP contribution in [-0.2, 0) is 19.0 Å². The van der Waals surface area contributed by atoms with E-state index < -0.39 is 11.7 Å². The van der Waals surface area contributed by atoms with Crippen molar-refractivity contribution in [2.75, 3.05) is 5.32 Å². The maximum Gasteiger partial charge on any atom is 0.416 e. The van der Waals surface area contributed by atoms with Crippen molar-refractivity contribution in [2.24, 2.45) is 0 Å². The summed E-state index contributed by atoms with van der Waals surface area (Å²) in [5.74, 6) is -0.281. The molecule has 1 amide bonds. The maximum atomic E-state index is 12.9. The largest absolute Gasteiger partial charge is 0.416 e. The van der Waals surface area contributed by atoms with Crippen molar-refractivity contribution < 1.29 is 18.0 Å². The Hall–Kier alpha value is -3.08. The van der Waals surface area contributed by atoms with Crippen LogP contribution >= 0.6 is 0 Å². The molecule has 4 rings (SSSR count). The average Bonchev–Trinajstić information content (AvgIpc) is 2.73. The van der Waals surface area contributed by atoms with Gasteiger partial charge in [-0.05, 0) is 78.3 Å². The molecule has 0 bridgehead atoms. The van der Waals surface area contributed by atoms with Crippen LogP contribution in [0.5, 0.6) is 0 Å². The molecule has 1 N–H and O–H groups in total. The highest BCUT2D eigenvalue weighted by atomic mass is 19.4. The van der Waals surface area contributed by atoms with Gasteiger partial charge >= 0.3 is 6.18 Å². The van der Waals surface area contributed by atoms with Crippen molar-refractivity contribution in [3.63, 3.8) is 0 Å². The summed E-state index contributed by atoms with van der Waals surface area (Å²) in [5.41, 5.74) is 4.20. The number of amides is 1. The minimum absolute atomic E-state index is 0.281. The average molecular weight is 395 g/mol. The molecule has 0 atom stereocenters. The highest BCUT2D eigenvalue weighted by molar-refractivity contribution is 6.08. The molecule has 5 heteroatoms. The predicted molar refractivity (Wildman–Crippen MR) is 108 cm³/mol. The Kier molecular flexibility index (Phi) is 5.14. The minimum atomic E-state index is -4.39. The molecule has 0 aromatic heterocycles. The zero-order valence-electron chi connectivity index (χ0n) is 15.7. The SMILES string of the molecule is O=C(Nc1ccc2c(c1)CCCC2)c1ccccc1-c1ccc(C(F)(F)F)cc1. The first-order valence-corrected chi connectivity index (χ1v) is 9.61. The molecule has 3 aromatic rings. The molecule has 0 unspecified atom stereocenters. The number of benzene rings is 3. The standard InChI is InChI=1S/C24H20F3NO/c25-24(26,27)19-12-9-17(10-13-19)21-7-3-4-8-22(21)23(29)28-20-14-11-16-5-1-2-6-18(16)15-20/h3-4,7-15H,1-2,5-6H2,(H,28,29). The molecule has 2 nitrogen and oxygen atoms in total. The van der Waals surface area contributed by atoms with E-state index in [0.717, 1.165) is 37.1 Å². The number of alkyl halides is 3. The number of hydrogen-bond acceptors (Lipinski definition) is 1. The smallest absolute Gasteiger partial charge is 0.322 e. The Morgan fingerprint density at radius 2 is 1.52 bits per heavy atom. The quantitative estimate of drug-likeness (QED) is 0.539. The fourth-order valence-corrected chi connectivity index (χ4v) is 3.78. The Labute approximate surface area is 167 Å². The maximum absolute atomic E-state index is 12.9. The third-order valence-electron chi connectivity index (χ3n) is 5.30. The number of hydrogen-bond donors (Lipinski definition) is 1. The molecule has 0 spiro atoms. The lowest BCUT2D eigenvalue weighted by Gasteiger charge is -2.17. The summed E-state index contributed by atoms with van der Waals surface area (Å²) in [7, 11) is 0. The van der Waals surface area contributed by atoms with E-state index in [4.69, 9.17) is 0 Å². The summed E-state index contributed by atoms with van der Waals surface area (Å²) >= 11 is 0. The van der Waals surface area contributed by atoms with Gasteiger partial charge < -0.3 is 5.32 Å². The zero-order chi connectivity index (χ0) is 20.4. The van der Waals surface area contributed by atoms with Crippen LogP contribution < -0.4 is 5.32 Å². The van der Waals surface area contributed by atoms with E-state index in [-0.39, 0.29) is 5.91 Å². The van der Waals surface area contributed by atoms with Crippen LogP contribution in [0, 0.1) is 0 Å². The van der Waals surface area contributed by atoms with Crippen molar-refractivity contribution in [1.82, 2.24) is 0 Å². The van der Waals surface area contributed by atoms with E-state index in [1.807, 2.05) is 12.1 Å². The number of nitrogens with one attached hydrogen (secondary N) is 1. The minimum Gasteiger partial charge on any atom is -0.322 e. The van der Waals surface area contributed by atoms with Crippen LogP contribution in [0.2, 0.25) is 0 Å². The van der Waals surface area contributed by atoms with Gasteiger partial charge in [0.1, 0.15) is 0 Å². The molecule has 0 heterocycles. The van der Waals surface area contributed by atoms with E-state index in [0.29, 0.717) is 16.7 Å². The molecule has 0 fully saturated rings. The summed E-state index contributed by atoms with van der Waals surface area (Å²) in [4.78, 5) is 12.9. The van der Waals surface area contributed by atoms with Gasteiger partial charge in [0, 0.05) is 11.3 Å². The molecule has 1 aliphatic carbocycles. The van der Waals surface area contributed by atoms with E-state index in [1.54, 1.807) is 24.3 Å². The third kappa shape index (κ3) is 4.19. The number of aryl methyl sites for hydroxylation is 2. The third-order valence-corrected chi connectivity index (χ3v) is 5.30. The molecular weight excluding hydrogens is 375 g/mol. The van der Waals surface area contributed by atoms with Crippen molar-refractivity contribution in [3.05, 3.63) is 89.0 Å². The fourth-order valence-electron chi connectivity index (χ4n) is 3.78. The van der Waals surface area contributed by atoms with Crippen LogP contribution in [0.4, 0.5) is 18.9 Å². The van der Waals surface area contributed by atoms with Crippen molar-refractivity contribution >= 4 is 11.6 Å². The van der Waals surface area contributed by atoms with Crippen molar-refractivity contribution in [2.45, 2.75) is 31.9 Å². The van der Waals surface area contributed by atoms with Gasteiger partial charge in [-0.1, -0.05) is 36.4 Å². The summed E-state index contributed by atoms with van der Waals surface area (Å²) in [6, 6.07) is 17.8. The number of anilines is 1. The topological polar surface area (TPSA) is 29.1 Å². The molecule has 0 saturated carbocycles. The first-order chi connectivity index (χ1) is 13.9. The van der Waals surface area contributed by atoms with Gasteiger partial charge in [0.2, 0.25) is 0 Å². The summed E-state index contributed by atoms with van der Waals surface area (Å²) in [5, 5.41) is 2.94. The molecule has 0 saturated heterocycles. The predicted octanol–water partition coefficient (Wildman–Crippen LogP) is 6.50. The number of fused-ring (bicyclic) bond motifs is 1. The lowest BCUT2D eigenvalue weighted by Crippen LogP contribution is -2.14. The lowest BCUT2D eigenvalue weighted by molar-refractivity contribution is -0.137. The van der Waals surface area contributed by atoms with E-state index >= 15 is 0 Å². The molecule has 0 radical (unpaired) electrons. The highest BCUT2D eigenvalue weighted by Gasteiger charge is 2.30. The normalized spacial score (nSPS) is 13.6. The number of carbonyl (C=O) groups excluding carboxylic acids is 1. The molecular formula is C24H20F3NO. The van der Waals surface area contributed by atoms with Gasteiger partial charge in [-0.3, -0.25) is 4.79 Å². The molecule has 148 valence electrons. The van der Waals surface area contributed by atoms with Crippen LogP contribution in [0.3, 0.4) is 0 Å². The molecule has 29 heavy (non-hydrogen) atoms. The zero-order valence-corrected chi connectivity index (χ0v) is 15.7. The van der Waals surface area contributed by atoms with E-state index in [1.165, 1.54) is 29.7 Å². The first-order valence-electron chi connectivity index (χ1n) is 9.61. The number of carbonyl (C=O) groups is 1. The Bertz CT molecular complexity index is 1040. The second-order valence-corrected chi connectivity index (χ2v) is 7.27. The molecule has 1 aliphatic rings. The lowest BCUT2D eigenvalue weighted by atomic mass is 9.91. The summed E-state index contributed by atoms with van der Waals surface area (Å²) < 4.78 is 38.5. The van der Waals surface area contributed by atoms with Crippen LogP contribution in [0.1, 0.15) is 39.9 Å². The second-order valence-electron chi connectivity index (χ2n) is 7.27. The van der Waals surface area contributed by atoms with Gasteiger partial charge in [0.25, 0.3) is 5.91 Å². The van der Waals surface area contributed by atoms with Gasteiger partial charge in [0.05, 0.1) is 5.56 Å². The van der Waals surface area contributed by atoms with Crippen LogP contribution in [0.15, 0.2) is 66.7 Å². The molecule has 0 aliphatic heterocycles. The Balaban J connectivity index is 1.60.